The maximum atomic E-state index is 12.5. The maximum absolute atomic E-state index is 12.5. The Hall–Kier alpha value is -2.00. The van der Waals surface area contributed by atoms with Crippen LogP contribution in [-0.2, 0) is 11.2 Å². The number of aromatic nitrogens is 4. The lowest BCUT2D eigenvalue weighted by atomic mass is 10.2. The number of halogens is 1. The molecule has 0 bridgehead atoms. The molecule has 124 valence electrons. The summed E-state index contributed by atoms with van der Waals surface area (Å²) in [6.07, 6.45) is 7.71. The van der Waals surface area contributed by atoms with Crippen molar-refractivity contribution < 1.29 is 4.79 Å². The molecule has 0 aliphatic carbocycles. The van der Waals surface area contributed by atoms with Gasteiger partial charge in [0, 0.05) is 56.3 Å². The second-order valence-corrected chi connectivity index (χ2v) is 7.36. The van der Waals surface area contributed by atoms with Gasteiger partial charge >= 0.3 is 0 Å². The molecule has 3 aromatic rings. The predicted octanol–water partition coefficient (Wildman–Crippen LogP) is 1.84. The van der Waals surface area contributed by atoms with E-state index < -0.39 is 0 Å². The van der Waals surface area contributed by atoms with Crippen LogP contribution < -0.4 is 4.90 Å². The Labute approximate surface area is 151 Å². The minimum Gasteiger partial charge on any atom is -0.339 e. The summed E-state index contributed by atoms with van der Waals surface area (Å²) >= 11 is 4.91. The van der Waals surface area contributed by atoms with Crippen LogP contribution in [0, 0.1) is 0 Å². The van der Waals surface area contributed by atoms with E-state index in [1.807, 2.05) is 27.1 Å². The highest BCUT2D eigenvalue weighted by atomic mass is 79.9. The van der Waals surface area contributed by atoms with E-state index in [0.717, 1.165) is 28.2 Å². The maximum Gasteiger partial charge on any atom is 0.228 e. The van der Waals surface area contributed by atoms with Crippen LogP contribution in [0.5, 0.6) is 0 Å². The summed E-state index contributed by atoms with van der Waals surface area (Å²) in [7, 11) is 0. The summed E-state index contributed by atoms with van der Waals surface area (Å²) in [4.78, 5) is 30.5. The van der Waals surface area contributed by atoms with E-state index in [0.29, 0.717) is 25.5 Å². The highest BCUT2D eigenvalue weighted by Gasteiger charge is 2.23. The Morgan fingerprint density at radius 3 is 2.67 bits per heavy atom. The molecule has 9 heteroatoms. The lowest BCUT2D eigenvalue weighted by Gasteiger charge is -2.34. The number of carbonyl (C=O) groups is 1. The van der Waals surface area contributed by atoms with E-state index in [2.05, 4.69) is 35.8 Å². The molecule has 0 radical (unpaired) electrons. The van der Waals surface area contributed by atoms with Crippen molar-refractivity contribution in [2.24, 2.45) is 0 Å². The van der Waals surface area contributed by atoms with Crippen molar-refractivity contribution in [2.45, 2.75) is 6.42 Å². The first-order valence-corrected chi connectivity index (χ1v) is 9.28. The average molecular weight is 407 g/mol. The van der Waals surface area contributed by atoms with Gasteiger partial charge in [0.25, 0.3) is 0 Å². The first kappa shape index (κ1) is 15.5. The minimum atomic E-state index is 0.122. The van der Waals surface area contributed by atoms with Gasteiger partial charge in [-0.05, 0) is 15.9 Å². The summed E-state index contributed by atoms with van der Waals surface area (Å²) in [6.45, 7) is 2.85. The summed E-state index contributed by atoms with van der Waals surface area (Å²) in [6, 6.07) is 0. The molecule has 0 saturated carbocycles. The second kappa shape index (κ2) is 6.48. The van der Waals surface area contributed by atoms with E-state index in [1.54, 1.807) is 23.7 Å². The molecule has 1 aliphatic heterocycles. The Bertz CT molecular complexity index is 824. The molecule has 0 unspecified atom stereocenters. The number of amides is 1. The van der Waals surface area contributed by atoms with Crippen LogP contribution in [0.4, 0.5) is 5.95 Å². The fourth-order valence-electron chi connectivity index (χ4n) is 2.75. The van der Waals surface area contributed by atoms with Crippen molar-refractivity contribution in [1.82, 2.24) is 24.3 Å². The zero-order valence-corrected chi connectivity index (χ0v) is 15.2. The Balaban J connectivity index is 1.35. The van der Waals surface area contributed by atoms with Gasteiger partial charge in [0.15, 0.2) is 4.96 Å². The Morgan fingerprint density at radius 2 is 1.96 bits per heavy atom. The zero-order valence-electron chi connectivity index (χ0n) is 12.8. The van der Waals surface area contributed by atoms with Gasteiger partial charge in [0.1, 0.15) is 0 Å². The van der Waals surface area contributed by atoms with Gasteiger partial charge in [-0.25, -0.2) is 15.0 Å². The van der Waals surface area contributed by atoms with E-state index >= 15 is 0 Å². The van der Waals surface area contributed by atoms with E-state index in [1.165, 1.54) is 0 Å². The highest BCUT2D eigenvalue weighted by molar-refractivity contribution is 9.10. The first-order valence-electron chi connectivity index (χ1n) is 7.60. The third-order valence-electron chi connectivity index (χ3n) is 4.00. The molecule has 0 atom stereocenters. The molecular weight excluding hydrogens is 392 g/mol. The SMILES string of the molecule is O=C(Cc1cn2ccsc2n1)N1CCN(c2ncc(Br)cn2)CC1. The lowest BCUT2D eigenvalue weighted by molar-refractivity contribution is -0.130. The van der Waals surface area contributed by atoms with Gasteiger partial charge in [0.05, 0.1) is 16.6 Å². The van der Waals surface area contributed by atoms with Gasteiger partial charge in [-0.2, -0.15) is 0 Å². The van der Waals surface area contributed by atoms with Crippen molar-refractivity contribution in [3.63, 3.8) is 0 Å². The normalized spacial score (nSPS) is 15.2. The van der Waals surface area contributed by atoms with Crippen LogP contribution in [0.25, 0.3) is 4.96 Å². The number of carbonyl (C=O) groups excluding carboxylic acids is 1. The number of hydrogen-bond donors (Lipinski definition) is 0. The zero-order chi connectivity index (χ0) is 16.5. The summed E-state index contributed by atoms with van der Waals surface area (Å²) in [5.41, 5.74) is 0.825. The van der Waals surface area contributed by atoms with Crippen molar-refractivity contribution in [2.75, 3.05) is 31.1 Å². The monoisotopic (exact) mass is 406 g/mol. The molecule has 0 spiro atoms. The van der Waals surface area contributed by atoms with Gasteiger partial charge in [-0.1, -0.05) is 0 Å². The van der Waals surface area contributed by atoms with Gasteiger partial charge < -0.3 is 9.80 Å². The molecule has 1 amide bonds. The van der Waals surface area contributed by atoms with Crippen LogP contribution >= 0.6 is 27.3 Å². The van der Waals surface area contributed by atoms with E-state index in [9.17, 15) is 4.79 Å². The lowest BCUT2D eigenvalue weighted by Crippen LogP contribution is -2.49. The molecule has 4 rings (SSSR count). The van der Waals surface area contributed by atoms with E-state index in [4.69, 9.17) is 0 Å². The number of fused-ring (bicyclic) bond motifs is 1. The number of anilines is 1. The fraction of sp³-hybridized carbons (Fsp3) is 0.333. The topological polar surface area (TPSA) is 66.6 Å². The van der Waals surface area contributed by atoms with Crippen molar-refractivity contribution in [3.05, 3.63) is 40.3 Å². The summed E-state index contributed by atoms with van der Waals surface area (Å²) < 4.78 is 2.82. The minimum absolute atomic E-state index is 0.122. The molecule has 3 aromatic heterocycles. The number of imidazole rings is 1. The average Bonchev–Trinajstić information content (AvgIpc) is 3.17. The number of nitrogens with zero attached hydrogens (tertiary/aromatic N) is 6. The summed E-state index contributed by atoms with van der Waals surface area (Å²) in [5.74, 6) is 0.830. The van der Waals surface area contributed by atoms with Crippen LogP contribution in [0.1, 0.15) is 5.69 Å². The smallest absolute Gasteiger partial charge is 0.228 e. The van der Waals surface area contributed by atoms with Crippen LogP contribution in [-0.4, -0.2) is 56.3 Å². The quantitative estimate of drug-likeness (QED) is 0.663. The molecule has 0 N–H and O–H groups in total. The number of hydrogen-bond acceptors (Lipinski definition) is 6. The molecule has 0 aromatic carbocycles. The molecule has 7 nitrogen and oxygen atoms in total. The summed E-state index contributed by atoms with van der Waals surface area (Å²) in [5, 5.41) is 1.98. The molecule has 1 saturated heterocycles. The fourth-order valence-corrected chi connectivity index (χ4v) is 3.68. The Kier molecular flexibility index (Phi) is 4.19. The standard InChI is InChI=1S/C15H15BrN6OS/c16-11-8-17-14(18-9-11)21-3-1-20(2-4-21)13(23)7-12-10-22-5-6-24-15(22)19-12/h5-6,8-10H,1-4,7H2. The van der Waals surface area contributed by atoms with Crippen molar-refractivity contribution in [3.8, 4) is 0 Å². The highest BCUT2D eigenvalue weighted by Crippen LogP contribution is 2.15. The van der Waals surface area contributed by atoms with Crippen molar-refractivity contribution in [1.29, 1.82) is 0 Å². The first-order chi connectivity index (χ1) is 11.7. The van der Waals surface area contributed by atoms with Gasteiger partial charge in [-0.15, -0.1) is 11.3 Å². The van der Waals surface area contributed by atoms with Crippen LogP contribution in [0.3, 0.4) is 0 Å². The van der Waals surface area contributed by atoms with Gasteiger partial charge in [0.2, 0.25) is 11.9 Å². The van der Waals surface area contributed by atoms with Crippen molar-refractivity contribution >= 4 is 44.1 Å². The predicted molar refractivity (Wildman–Crippen MR) is 95.3 cm³/mol. The molecule has 1 fully saturated rings. The largest absolute Gasteiger partial charge is 0.339 e. The van der Waals surface area contributed by atoms with E-state index in [-0.39, 0.29) is 5.91 Å². The van der Waals surface area contributed by atoms with Crippen LogP contribution in [0.2, 0.25) is 0 Å². The number of rotatable bonds is 3. The Morgan fingerprint density at radius 1 is 1.21 bits per heavy atom. The second-order valence-electron chi connectivity index (χ2n) is 5.57. The third kappa shape index (κ3) is 3.13. The molecular formula is C15H15BrN6OS. The molecule has 4 heterocycles. The number of piperazine rings is 1. The van der Waals surface area contributed by atoms with Crippen LogP contribution in [0.15, 0.2) is 34.6 Å². The molecule has 24 heavy (non-hydrogen) atoms. The third-order valence-corrected chi connectivity index (χ3v) is 5.18. The number of thiazole rings is 1. The molecule has 1 aliphatic rings. The van der Waals surface area contributed by atoms with Gasteiger partial charge in [-0.3, -0.25) is 9.20 Å².